The van der Waals surface area contributed by atoms with E-state index in [9.17, 15) is 0 Å². The van der Waals surface area contributed by atoms with Gasteiger partial charge in [0.1, 0.15) is 5.75 Å². The molecule has 0 saturated carbocycles. The predicted molar refractivity (Wildman–Crippen MR) is 95.5 cm³/mol. The highest BCUT2D eigenvalue weighted by molar-refractivity contribution is 5.64. The van der Waals surface area contributed by atoms with E-state index < -0.39 is 0 Å². The van der Waals surface area contributed by atoms with Crippen molar-refractivity contribution in [3.05, 3.63) is 54.1 Å². The molecule has 0 aliphatic heterocycles. The second-order valence-electron chi connectivity index (χ2n) is 6.01. The van der Waals surface area contributed by atoms with Crippen molar-refractivity contribution in [3.8, 4) is 16.9 Å². The number of hydrogen-bond donors (Lipinski definition) is 0. The first-order valence-electron chi connectivity index (χ1n) is 8.59. The lowest BCUT2D eigenvalue weighted by molar-refractivity contribution is 0.304. The van der Waals surface area contributed by atoms with E-state index in [1.165, 1.54) is 48.8 Å². The molecule has 0 amide bonds. The maximum absolute atomic E-state index is 5.82. The summed E-state index contributed by atoms with van der Waals surface area (Å²) in [6.45, 7) is 5.20. The summed E-state index contributed by atoms with van der Waals surface area (Å²) in [6, 6.07) is 17.1. The van der Waals surface area contributed by atoms with Gasteiger partial charge in [-0.1, -0.05) is 81.0 Å². The number of hydrogen-bond acceptors (Lipinski definition) is 1. The number of aryl methyl sites for hydroxylation is 1. The largest absolute Gasteiger partial charge is 0.494 e. The molecule has 0 atom stereocenters. The molecule has 1 heteroatoms. The Hall–Kier alpha value is -1.76. The summed E-state index contributed by atoms with van der Waals surface area (Å²) in [5, 5.41) is 0. The van der Waals surface area contributed by atoms with Crippen LogP contribution in [0.4, 0.5) is 0 Å². The maximum atomic E-state index is 5.82. The summed E-state index contributed by atoms with van der Waals surface area (Å²) in [7, 11) is 0. The molecule has 0 spiro atoms. The van der Waals surface area contributed by atoms with Crippen LogP contribution in [-0.4, -0.2) is 6.61 Å². The molecule has 0 bridgehead atoms. The molecule has 0 N–H and O–H groups in total. The molecule has 0 heterocycles. The third-order valence-electron chi connectivity index (χ3n) is 4.01. The van der Waals surface area contributed by atoms with Crippen LogP contribution < -0.4 is 4.74 Å². The van der Waals surface area contributed by atoms with Crippen molar-refractivity contribution in [3.63, 3.8) is 0 Å². The standard InChI is InChI=1S/C21H28O/c1-3-4-5-6-7-8-17-22-21-15-13-20(14-16-21)19-11-9-18(2)10-12-19/h9-16H,3-8,17H2,1-2H3. The van der Waals surface area contributed by atoms with E-state index >= 15 is 0 Å². The van der Waals surface area contributed by atoms with Crippen molar-refractivity contribution in [1.82, 2.24) is 0 Å². The Bertz CT molecular complexity index is 525. The molecule has 22 heavy (non-hydrogen) atoms. The minimum Gasteiger partial charge on any atom is -0.494 e. The van der Waals surface area contributed by atoms with Crippen LogP contribution in [0.25, 0.3) is 11.1 Å². The molecule has 0 saturated heterocycles. The zero-order valence-corrected chi connectivity index (χ0v) is 14.0. The van der Waals surface area contributed by atoms with Crippen molar-refractivity contribution in [2.24, 2.45) is 0 Å². The van der Waals surface area contributed by atoms with E-state index in [2.05, 4.69) is 62.4 Å². The molecule has 0 aliphatic rings. The fourth-order valence-electron chi connectivity index (χ4n) is 2.56. The molecule has 2 aromatic carbocycles. The highest BCUT2D eigenvalue weighted by Gasteiger charge is 1.99. The van der Waals surface area contributed by atoms with Crippen molar-refractivity contribution in [2.45, 2.75) is 52.4 Å². The molecular formula is C21H28O. The highest BCUT2D eigenvalue weighted by atomic mass is 16.5. The second-order valence-corrected chi connectivity index (χ2v) is 6.01. The van der Waals surface area contributed by atoms with Gasteiger partial charge < -0.3 is 4.74 Å². The van der Waals surface area contributed by atoms with Crippen LogP contribution in [0.1, 0.15) is 51.0 Å². The van der Waals surface area contributed by atoms with Gasteiger partial charge in [0.2, 0.25) is 0 Å². The fraction of sp³-hybridized carbons (Fsp3) is 0.429. The van der Waals surface area contributed by atoms with Gasteiger partial charge in [-0.3, -0.25) is 0 Å². The smallest absolute Gasteiger partial charge is 0.119 e. The Labute approximate surface area is 135 Å². The zero-order chi connectivity index (χ0) is 15.6. The molecule has 0 unspecified atom stereocenters. The predicted octanol–water partition coefficient (Wildman–Crippen LogP) is 6.40. The average Bonchev–Trinajstić information content (AvgIpc) is 2.55. The maximum Gasteiger partial charge on any atom is 0.119 e. The molecule has 0 fully saturated rings. The first-order valence-corrected chi connectivity index (χ1v) is 8.59. The summed E-state index contributed by atoms with van der Waals surface area (Å²) >= 11 is 0. The molecule has 0 radical (unpaired) electrons. The van der Waals surface area contributed by atoms with Gasteiger partial charge in [0.05, 0.1) is 6.61 Å². The lowest BCUT2D eigenvalue weighted by Gasteiger charge is -2.08. The van der Waals surface area contributed by atoms with Crippen LogP contribution >= 0.6 is 0 Å². The van der Waals surface area contributed by atoms with Crippen molar-refractivity contribution in [2.75, 3.05) is 6.61 Å². The highest BCUT2D eigenvalue weighted by Crippen LogP contribution is 2.23. The van der Waals surface area contributed by atoms with Crippen LogP contribution in [0.5, 0.6) is 5.75 Å². The van der Waals surface area contributed by atoms with Crippen molar-refractivity contribution < 1.29 is 4.74 Å². The minimum atomic E-state index is 0.829. The topological polar surface area (TPSA) is 9.23 Å². The van der Waals surface area contributed by atoms with E-state index in [0.717, 1.165) is 18.8 Å². The third-order valence-corrected chi connectivity index (χ3v) is 4.01. The van der Waals surface area contributed by atoms with E-state index in [-0.39, 0.29) is 0 Å². The first-order chi connectivity index (χ1) is 10.8. The normalized spacial score (nSPS) is 10.6. The van der Waals surface area contributed by atoms with Gasteiger partial charge >= 0.3 is 0 Å². The molecule has 0 aliphatic carbocycles. The molecule has 2 aromatic rings. The van der Waals surface area contributed by atoms with E-state index in [1.807, 2.05) is 0 Å². The van der Waals surface area contributed by atoms with E-state index in [0.29, 0.717) is 0 Å². The number of rotatable bonds is 9. The molecule has 118 valence electrons. The Balaban J connectivity index is 1.74. The second kappa shape index (κ2) is 9.30. The van der Waals surface area contributed by atoms with Crippen LogP contribution in [0.3, 0.4) is 0 Å². The van der Waals surface area contributed by atoms with Gasteiger partial charge in [-0.05, 0) is 36.6 Å². The van der Waals surface area contributed by atoms with E-state index in [4.69, 9.17) is 4.74 Å². The minimum absolute atomic E-state index is 0.829. The average molecular weight is 296 g/mol. The summed E-state index contributed by atoms with van der Waals surface area (Å²) in [5.74, 6) is 0.976. The monoisotopic (exact) mass is 296 g/mol. The van der Waals surface area contributed by atoms with Gasteiger partial charge in [-0.2, -0.15) is 0 Å². The Morgan fingerprint density at radius 2 is 1.23 bits per heavy atom. The van der Waals surface area contributed by atoms with Crippen LogP contribution in [0.2, 0.25) is 0 Å². The summed E-state index contributed by atoms with van der Waals surface area (Å²) in [5.41, 5.74) is 3.79. The quantitative estimate of drug-likeness (QED) is 0.486. The van der Waals surface area contributed by atoms with Crippen LogP contribution in [-0.2, 0) is 0 Å². The van der Waals surface area contributed by atoms with Crippen molar-refractivity contribution in [1.29, 1.82) is 0 Å². The SMILES string of the molecule is CCCCCCCCOc1ccc(-c2ccc(C)cc2)cc1. The van der Waals surface area contributed by atoms with Gasteiger partial charge in [0.15, 0.2) is 0 Å². The number of benzene rings is 2. The Kier molecular flexibility index (Phi) is 7.02. The summed E-state index contributed by atoms with van der Waals surface area (Å²) in [4.78, 5) is 0. The van der Waals surface area contributed by atoms with Crippen molar-refractivity contribution >= 4 is 0 Å². The lowest BCUT2D eigenvalue weighted by Crippen LogP contribution is -1.97. The van der Waals surface area contributed by atoms with Gasteiger partial charge in [-0.15, -0.1) is 0 Å². The third kappa shape index (κ3) is 5.55. The van der Waals surface area contributed by atoms with Crippen LogP contribution in [0.15, 0.2) is 48.5 Å². The summed E-state index contributed by atoms with van der Waals surface area (Å²) in [6.07, 6.45) is 7.81. The number of unbranched alkanes of at least 4 members (excludes halogenated alkanes) is 5. The van der Waals surface area contributed by atoms with Crippen LogP contribution in [0, 0.1) is 6.92 Å². The molecule has 2 rings (SSSR count). The Morgan fingerprint density at radius 1 is 0.682 bits per heavy atom. The molecule has 1 nitrogen and oxygen atoms in total. The number of ether oxygens (including phenoxy) is 1. The molecular weight excluding hydrogens is 268 g/mol. The summed E-state index contributed by atoms with van der Waals surface area (Å²) < 4.78 is 5.82. The first kappa shape index (κ1) is 16.6. The van der Waals surface area contributed by atoms with Gasteiger partial charge in [0, 0.05) is 0 Å². The van der Waals surface area contributed by atoms with E-state index in [1.54, 1.807) is 0 Å². The Morgan fingerprint density at radius 3 is 1.86 bits per heavy atom. The zero-order valence-electron chi connectivity index (χ0n) is 14.0. The van der Waals surface area contributed by atoms with Gasteiger partial charge in [0.25, 0.3) is 0 Å². The molecule has 0 aromatic heterocycles. The fourth-order valence-corrected chi connectivity index (χ4v) is 2.56. The lowest BCUT2D eigenvalue weighted by atomic mass is 10.0. The van der Waals surface area contributed by atoms with Gasteiger partial charge in [-0.25, -0.2) is 0 Å².